The molecule has 2 aromatic carbocycles. The number of halogens is 2. The first-order valence-electron chi connectivity index (χ1n) is 6.30. The van der Waals surface area contributed by atoms with Crippen molar-refractivity contribution in [1.82, 2.24) is 5.43 Å². The number of rotatable bonds is 5. The number of nitrogens with two attached hydrogens (primary N) is 1. The van der Waals surface area contributed by atoms with Gasteiger partial charge in [-0.3, -0.25) is 5.84 Å². The van der Waals surface area contributed by atoms with Crippen molar-refractivity contribution in [2.45, 2.75) is 13.0 Å². The van der Waals surface area contributed by atoms with E-state index in [4.69, 9.17) is 22.2 Å². The monoisotopic (exact) mass is 354 g/mol. The minimum absolute atomic E-state index is 0.161. The van der Waals surface area contributed by atoms with Crippen molar-refractivity contribution in [3.63, 3.8) is 0 Å². The lowest BCUT2D eigenvalue weighted by Crippen LogP contribution is -2.29. The molecule has 0 spiro atoms. The lowest BCUT2D eigenvalue weighted by molar-refractivity contribution is 0.333. The number of hydrogen-bond acceptors (Lipinski definition) is 3. The molecule has 0 bridgehead atoms. The van der Waals surface area contributed by atoms with Crippen LogP contribution in [-0.2, 0) is 0 Å². The summed E-state index contributed by atoms with van der Waals surface area (Å²) in [6, 6.07) is 13.4. The Morgan fingerprint density at radius 2 is 2.05 bits per heavy atom. The zero-order valence-corrected chi connectivity index (χ0v) is 13.4. The standard InChI is InChI=1S/C15H16BrClN2O/c1-2-20-14-6-4-3-5-11(14)15(19-18)10-7-8-13(17)12(16)9-10/h3-9,15,19H,2,18H2,1H3. The van der Waals surface area contributed by atoms with Crippen LogP contribution < -0.4 is 16.0 Å². The fourth-order valence-corrected chi connectivity index (χ4v) is 2.58. The van der Waals surface area contributed by atoms with Crippen molar-refractivity contribution in [2.24, 2.45) is 5.84 Å². The number of ether oxygens (including phenoxy) is 1. The second-order valence-corrected chi connectivity index (χ2v) is 5.51. The fourth-order valence-electron chi connectivity index (χ4n) is 2.06. The topological polar surface area (TPSA) is 47.3 Å². The van der Waals surface area contributed by atoms with E-state index in [-0.39, 0.29) is 6.04 Å². The van der Waals surface area contributed by atoms with Gasteiger partial charge in [0, 0.05) is 10.0 Å². The lowest BCUT2D eigenvalue weighted by Gasteiger charge is -2.20. The van der Waals surface area contributed by atoms with Crippen LogP contribution in [0.5, 0.6) is 5.75 Å². The number of nitrogens with one attached hydrogen (secondary N) is 1. The van der Waals surface area contributed by atoms with Crippen LogP contribution in [0.2, 0.25) is 5.02 Å². The summed E-state index contributed by atoms with van der Waals surface area (Å²) < 4.78 is 6.50. The Balaban J connectivity index is 2.44. The van der Waals surface area contributed by atoms with Crippen molar-refractivity contribution in [2.75, 3.05) is 6.61 Å². The number of para-hydroxylation sites is 1. The molecule has 0 saturated heterocycles. The van der Waals surface area contributed by atoms with Gasteiger partial charge in [-0.25, -0.2) is 5.43 Å². The average Bonchev–Trinajstić information content (AvgIpc) is 2.45. The van der Waals surface area contributed by atoms with Crippen LogP contribution in [0.25, 0.3) is 0 Å². The fraction of sp³-hybridized carbons (Fsp3) is 0.200. The number of benzene rings is 2. The SMILES string of the molecule is CCOc1ccccc1C(NN)c1ccc(Cl)c(Br)c1. The van der Waals surface area contributed by atoms with E-state index in [1.165, 1.54) is 0 Å². The Morgan fingerprint density at radius 1 is 1.30 bits per heavy atom. The van der Waals surface area contributed by atoms with E-state index in [2.05, 4.69) is 21.4 Å². The van der Waals surface area contributed by atoms with Crippen LogP contribution >= 0.6 is 27.5 Å². The van der Waals surface area contributed by atoms with Gasteiger partial charge in [-0.15, -0.1) is 0 Å². The summed E-state index contributed by atoms with van der Waals surface area (Å²) >= 11 is 9.47. The van der Waals surface area contributed by atoms with Gasteiger partial charge in [-0.1, -0.05) is 35.9 Å². The molecule has 2 aromatic rings. The van der Waals surface area contributed by atoms with Gasteiger partial charge in [0.25, 0.3) is 0 Å². The van der Waals surface area contributed by atoms with Crippen molar-refractivity contribution in [3.8, 4) is 5.75 Å². The normalized spacial score (nSPS) is 12.2. The van der Waals surface area contributed by atoms with E-state index >= 15 is 0 Å². The van der Waals surface area contributed by atoms with E-state index < -0.39 is 0 Å². The highest BCUT2D eigenvalue weighted by Crippen LogP contribution is 2.32. The lowest BCUT2D eigenvalue weighted by atomic mass is 9.98. The van der Waals surface area contributed by atoms with Gasteiger partial charge >= 0.3 is 0 Å². The van der Waals surface area contributed by atoms with Crippen molar-refractivity contribution in [3.05, 3.63) is 63.1 Å². The highest BCUT2D eigenvalue weighted by Gasteiger charge is 2.17. The van der Waals surface area contributed by atoms with Crippen LogP contribution in [0.4, 0.5) is 0 Å². The molecule has 5 heteroatoms. The molecule has 2 rings (SSSR count). The van der Waals surface area contributed by atoms with Crippen LogP contribution in [0.1, 0.15) is 24.1 Å². The first kappa shape index (κ1) is 15.3. The Labute approximate surface area is 132 Å². The molecule has 0 radical (unpaired) electrons. The highest BCUT2D eigenvalue weighted by molar-refractivity contribution is 9.10. The van der Waals surface area contributed by atoms with E-state index in [9.17, 15) is 0 Å². The second-order valence-electron chi connectivity index (χ2n) is 4.24. The molecular weight excluding hydrogens is 340 g/mol. The molecule has 0 aliphatic carbocycles. The van der Waals surface area contributed by atoms with Crippen LogP contribution in [0.15, 0.2) is 46.9 Å². The minimum Gasteiger partial charge on any atom is -0.494 e. The minimum atomic E-state index is -0.161. The molecule has 0 aliphatic heterocycles. The highest BCUT2D eigenvalue weighted by atomic mass is 79.9. The zero-order chi connectivity index (χ0) is 14.5. The molecule has 1 unspecified atom stereocenters. The maximum atomic E-state index is 6.03. The molecule has 106 valence electrons. The van der Waals surface area contributed by atoms with Gasteiger partial charge in [0.1, 0.15) is 5.75 Å². The molecule has 0 aliphatic rings. The molecule has 3 N–H and O–H groups in total. The van der Waals surface area contributed by atoms with Crippen molar-refractivity contribution in [1.29, 1.82) is 0 Å². The summed E-state index contributed by atoms with van der Waals surface area (Å²) in [5, 5.41) is 0.669. The summed E-state index contributed by atoms with van der Waals surface area (Å²) in [4.78, 5) is 0. The number of hydrogen-bond donors (Lipinski definition) is 2. The molecule has 0 aromatic heterocycles. The molecule has 20 heavy (non-hydrogen) atoms. The summed E-state index contributed by atoms with van der Waals surface area (Å²) in [6.45, 7) is 2.57. The summed E-state index contributed by atoms with van der Waals surface area (Å²) in [5.41, 5.74) is 4.84. The van der Waals surface area contributed by atoms with E-state index in [0.29, 0.717) is 11.6 Å². The predicted octanol–water partition coefficient (Wildman–Crippen LogP) is 4.05. The first-order valence-corrected chi connectivity index (χ1v) is 7.47. The summed E-state index contributed by atoms with van der Waals surface area (Å²) in [6.07, 6.45) is 0. The maximum absolute atomic E-state index is 6.03. The van der Waals surface area contributed by atoms with Gasteiger partial charge in [-0.05, 0) is 46.6 Å². The number of hydrazine groups is 1. The Kier molecular flexibility index (Phi) is 5.43. The Bertz CT molecular complexity index is 592. The van der Waals surface area contributed by atoms with Crippen molar-refractivity contribution < 1.29 is 4.74 Å². The van der Waals surface area contributed by atoms with Gasteiger partial charge in [0.2, 0.25) is 0 Å². The average molecular weight is 356 g/mol. The van der Waals surface area contributed by atoms with E-state index in [1.54, 1.807) is 0 Å². The largest absolute Gasteiger partial charge is 0.494 e. The van der Waals surface area contributed by atoms with Crippen LogP contribution in [0, 0.1) is 0 Å². The molecular formula is C15H16BrClN2O. The van der Waals surface area contributed by atoms with Gasteiger partial charge in [0.15, 0.2) is 0 Å². The first-order chi connectivity index (χ1) is 9.67. The zero-order valence-electron chi connectivity index (χ0n) is 11.1. The maximum Gasteiger partial charge on any atom is 0.124 e. The molecule has 1 atom stereocenters. The quantitative estimate of drug-likeness (QED) is 0.628. The van der Waals surface area contributed by atoms with Crippen LogP contribution in [0.3, 0.4) is 0 Å². The third-order valence-electron chi connectivity index (χ3n) is 2.97. The van der Waals surface area contributed by atoms with Gasteiger partial charge < -0.3 is 4.74 Å². The molecule has 0 amide bonds. The van der Waals surface area contributed by atoms with Crippen molar-refractivity contribution >= 4 is 27.5 Å². The Morgan fingerprint density at radius 3 is 2.70 bits per heavy atom. The summed E-state index contributed by atoms with van der Waals surface area (Å²) in [7, 11) is 0. The Hall–Kier alpha value is -1.07. The molecule has 0 heterocycles. The van der Waals surface area contributed by atoms with Crippen LogP contribution in [-0.4, -0.2) is 6.61 Å². The predicted molar refractivity (Wildman–Crippen MR) is 85.9 cm³/mol. The third kappa shape index (κ3) is 3.33. The molecule has 3 nitrogen and oxygen atoms in total. The third-order valence-corrected chi connectivity index (χ3v) is 4.19. The van der Waals surface area contributed by atoms with E-state index in [0.717, 1.165) is 21.3 Å². The summed E-state index contributed by atoms with van der Waals surface area (Å²) in [5.74, 6) is 6.56. The second kappa shape index (κ2) is 7.09. The smallest absolute Gasteiger partial charge is 0.124 e. The molecule has 0 fully saturated rings. The van der Waals surface area contributed by atoms with E-state index in [1.807, 2.05) is 49.4 Å². The van der Waals surface area contributed by atoms with Gasteiger partial charge in [-0.2, -0.15) is 0 Å². The van der Waals surface area contributed by atoms with Gasteiger partial charge in [0.05, 0.1) is 17.7 Å². The molecule has 0 saturated carbocycles.